The van der Waals surface area contributed by atoms with E-state index < -0.39 is 17.6 Å². The minimum Gasteiger partial charge on any atom is -0.370 e. The van der Waals surface area contributed by atoms with Gasteiger partial charge in [0.05, 0.1) is 27.5 Å². The fraction of sp³-hybridized carbons (Fsp3) is 0.350. The highest BCUT2D eigenvalue weighted by atomic mass is 35.5. The molecule has 3 nitrogen and oxygen atoms in total. The first kappa shape index (κ1) is 19.5. The molecule has 2 aromatic carbocycles. The largest absolute Gasteiger partial charge is 0.416 e. The van der Waals surface area contributed by atoms with Gasteiger partial charge in [-0.1, -0.05) is 30.7 Å². The minimum atomic E-state index is -4.49. The first-order valence-electron chi connectivity index (χ1n) is 8.78. The summed E-state index contributed by atoms with van der Waals surface area (Å²) in [5.41, 5.74) is 0.153. The maximum absolute atomic E-state index is 13.2. The quantitative estimate of drug-likeness (QED) is 0.706. The summed E-state index contributed by atoms with van der Waals surface area (Å²) in [6, 6.07) is 9.91. The maximum atomic E-state index is 13.2. The molecule has 0 aromatic heterocycles. The number of hydrogen-bond acceptors (Lipinski definition) is 2. The number of nitrogens with zero attached hydrogens (tertiary/aromatic N) is 1. The molecule has 3 rings (SSSR count). The monoisotopic (exact) mass is 396 g/mol. The van der Waals surface area contributed by atoms with E-state index in [1.807, 2.05) is 4.90 Å². The molecule has 144 valence electrons. The molecule has 1 aliphatic heterocycles. The van der Waals surface area contributed by atoms with Crippen molar-refractivity contribution >= 4 is 28.9 Å². The van der Waals surface area contributed by atoms with Crippen LogP contribution in [0, 0.1) is 5.92 Å². The second-order valence-electron chi connectivity index (χ2n) is 6.83. The molecule has 27 heavy (non-hydrogen) atoms. The molecule has 0 radical (unpaired) electrons. The Labute approximate surface area is 161 Å². The van der Waals surface area contributed by atoms with Crippen molar-refractivity contribution in [2.75, 3.05) is 23.3 Å². The van der Waals surface area contributed by atoms with Crippen molar-refractivity contribution < 1.29 is 18.0 Å². The molecule has 0 aliphatic carbocycles. The molecule has 7 heteroatoms. The standard InChI is InChI=1S/C20H20ClF3N2O/c1-13-8-10-26(11-9-13)18-7-6-14(20(22,23)24)12-17(18)25-19(27)15-4-2-3-5-16(15)21/h2-7,12-13H,8-11H2,1H3,(H,25,27). The van der Waals surface area contributed by atoms with Crippen LogP contribution in [0.15, 0.2) is 42.5 Å². The molecular weight excluding hydrogens is 377 g/mol. The predicted octanol–water partition coefficient (Wildman–Crippen LogP) is 5.85. The van der Waals surface area contributed by atoms with Gasteiger partial charge in [0.1, 0.15) is 0 Å². The van der Waals surface area contributed by atoms with Crippen LogP contribution < -0.4 is 10.2 Å². The van der Waals surface area contributed by atoms with Gasteiger partial charge in [-0.05, 0) is 49.1 Å². The molecule has 0 atom stereocenters. The molecule has 0 saturated carbocycles. The second-order valence-corrected chi connectivity index (χ2v) is 7.24. The Morgan fingerprint density at radius 1 is 1.15 bits per heavy atom. The molecule has 1 heterocycles. The number of halogens is 4. The average molecular weight is 397 g/mol. The Bertz CT molecular complexity index is 830. The average Bonchev–Trinajstić information content (AvgIpc) is 2.62. The summed E-state index contributed by atoms with van der Waals surface area (Å²) in [6.45, 7) is 3.63. The molecule has 1 amide bonds. The van der Waals surface area contributed by atoms with E-state index in [4.69, 9.17) is 11.6 Å². The lowest BCUT2D eigenvalue weighted by Crippen LogP contribution is -2.33. The van der Waals surface area contributed by atoms with Gasteiger partial charge >= 0.3 is 6.18 Å². The number of anilines is 2. The summed E-state index contributed by atoms with van der Waals surface area (Å²) in [6.07, 6.45) is -2.57. The van der Waals surface area contributed by atoms with Crippen molar-refractivity contribution in [2.24, 2.45) is 5.92 Å². The second kappa shape index (κ2) is 7.80. The van der Waals surface area contributed by atoms with Crippen molar-refractivity contribution in [2.45, 2.75) is 25.9 Å². The Balaban J connectivity index is 1.95. The van der Waals surface area contributed by atoms with Crippen molar-refractivity contribution in [3.8, 4) is 0 Å². The van der Waals surface area contributed by atoms with E-state index in [1.54, 1.807) is 18.2 Å². The van der Waals surface area contributed by atoms with Gasteiger partial charge in [-0.15, -0.1) is 0 Å². The van der Waals surface area contributed by atoms with Crippen molar-refractivity contribution in [1.82, 2.24) is 0 Å². The van der Waals surface area contributed by atoms with Gasteiger partial charge in [-0.2, -0.15) is 13.2 Å². The SMILES string of the molecule is CC1CCN(c2ccc(C(F)(F)F)cc2NC(=O)c2ccccc2Cl)CC1. The zero-order valence-corrected chi connectivity index (χ0v) is 15.6. The van der Waals surface area contributed by atoms with Gasteiger partial charge in [0.2, 0.25) is 0 Å². The lowest BCUT2D eigenvalue weighted by atomic mass is 9.98. The lowest BCUT2D eigenvalue weighted by Gasteiger charge is -2.33. The van der Waals surface area contributed by atoms with E-state index in [2.05, 4.69) is 12.2 Å². The van der Waals surface area contributed by atoms with Gasteiger partial charge < -0.3 is 10.2 Å². The van der Waals surface area contributed by atoms with Crippen molar-refractivity contribution in [3.63, 3.8) is 0 Å². The van der Waals surface area contributed by atoms with E-state index in [-0.39, 0.29) is 16.3 Å². The van der Waals surface area contributed by atoms with E-state index in [0.717, 1.165) is 38.1 Å². The number of carbonyl (C=O) groups is 1. The summed E-state index contributed by atoms with van der Waals surface area (Å²) in [5.74, 6) is 0.0448. The van der Waals surface area contributed by atoms with Gasteiger partial charge in [0.15, 0.2) is 0 Å². The van der Waals surface area contributed by atoms with Crippen LogP contribution in [-0.4, -0.2) is 19.0 Å². The number of nitrogens with one attached hydrogen (secondary N) is 1. The highest BCUT2D eigenvalue weighted by molar-refractivity contribution is 6.34. The number of amides is 1. The molecule has 0 unspecified atom stereocenters. The molecule has 1 N–H and O–H groups in total. The molecule has 0 spiro atoms. The van der Waals surface area contributed by atoms with Gasteiger partial charge in [0.25, 0.3) is 5.91 Å². The van der Waals surface area contributed by atoms with E-state index in [0.29, 0.717) is 11.6 Å². The fourth-order valence-corrected chi connectivity index (χ4v) is 3.39. The van der Waals surface area contributed by atoms with Gasteiger partial charge in [0, 0.05) is 13.1 Å². The number of benzene rings is 2. The van der Waals surface area contributed by atoms with Crippen LogP contribution in [-0.2, 0) is 6.18 Å². The van der Waals surface area contributed by atoms with E-state index in [1.165, 1.54) is 12.1 Å². The maximum Gasteiger partial charge on any atom is 0.416 e. The summed E-state index contributed by atoms with van der Waals surface area (Å²) in [5, 5.41) is 2.87. The third kappa shape index (κ3) is 4.56. The molecule has 0 bridgehead atoms. The zero-order chi connectivity index (χ0) is 19.6. The van der Waals surface area contributed by atoms with Gasteiger partial charge in [-0.3, -0.25) is 4.79 Å². The molecule has 1 aliphatic rings. The zero-order valence-electron chi connectivity index (χ0n) is 14.8. The molecule has 2 aromatic rings. The smallest absolute Gasteiger partial charge is 0.370 e. The van der Waals surface area contributed by atoms with Gasteiger partial charge in [-0.25, -0.2) is 0 Å². The Hall–Kier alpha value is -2.21. The van der Waals surface area contributed by atoms with Crippen LogP contribution >= 0.6 is 11.6 Å². The van der Waals surface area contributed by atoms with Crippen LogP contribution in [0.25, 0.3) is 0 Å². The van der Waals surface area contributed by atoms with Crippen LogP contribution in [0.4, 0.5) is 24.5 Å². The topological polar surface area (TPSA) is 32.3 Å². The number of carbonyl (C=O) groups excluding carboxylic acids is 1. The van der Waals surface area contributed by atoms with Crippen molar-refractivity contribution in [3.05, 3.63) is 58.6 Å². The minimum absolute atomic E-state index is 0.143. The summed E-state index contributed by atoms with van der Waals surface area (Å²) >= 11 is 6.04. The summed E-state index contributed by atoms with van der Waals surface area (Å²) in [7, 11) is 0. The number of alkyl halides is 3. The van der Waals surface area contributed by atoms with E-state index in [9.17, 15) is 18.0 Å². The fourth-order valence-electron chi connectivity index (χ4n) is 3.17. The normalized spacial score (nSPS) is 15.7. The van der Waals surface area contributed by atoms with E-state index >= 15 is 0 Å². The lowest BCUT2D eigenvalue weighted by molar-refractivity contribution is -0.137. The highest BCUT2D eigenvalue weighted by Gasteiger charge is 2.32. The molecule has 1 fully saturated rings. The highest BCUT2D eigenvalue weighted by Crippen LogP contribution is 2.37. The first-order valence-corrected chi connectivity index (χ1v) is 9.15. The number of rotatable bonds is 3. The Morgan fingerprint density at radius 3 is 2.44 bits per heavy atom. The first-order chi connectivity index (χ1) is 12.8. The predicted molar refractivity (Wildman–Crippen MR) is 101 cm³/mol. The summed E-state index contributed by atoms with van der Waals surface area (Å²) in [4.78, 5) is 14.6. The number of piperidine rings is 1. The van der Waals surface area contributed by atoms with Crippen LogP contribution in [0.5, 0.6) is 0 Å². The molecule has 1 saturated heterocycles. The third-order valence-electron chi connectivity index (χ3n) is 4.81. The Kier molecular flexibility index (Phi) is 5.65. The van der Waals surface area contributed by atoms with Crippen LogP contribution in [0.1, 0.15) is 35.7 Å². The Morgan fingerprint density at radius 2 is 1.81 bits per heavy atom. The van der Waals surface area contributed by atoms with Crippen molar-refractivity contribution in [1.29, 1.82) is 0 Å². The van der Waals surface area contributed by atoms with Crippen LogP contribution in [0.3, 0.4) is 0 Å². The number of hydrogen-bond donors (Lipinski definition) is 1. The third-order valence-corrected chi connectivity index (χ3v) is 5.14. The molecular formula is C20H20ClF3N2O. The summed E-state index contributed by atoms with van der Waals surface area (Å²) < 4.78 is 39.5. The van der Waals surface area contributed by atoms with Crippen LogP contribution in [0.2, 0.25) is 5.02 Å².